The third kappa shape index (κ3) is 3.90. The monoisotopic (exact) mass is 287 g/mol. The van der Waals surface area contributed by atoms with Crippen molar-refractivity contribution in [1.82, 2.24) is 15.0 Å². The molecule has 0 aliphatic rings. The van der Waals surface area contributed by atoms with E-state index in [4.69, 9.17) is 4.52 Å². The first-order valence-corrected chi connectivity index (χ1v) is 6.91. The highest BCUT2D eigenvalue weighted by molar-refractivity contribution is 5.94. The van der Waals surface area contributed by atoms with Crippen LogP contribution in [0.25, 0.3) is 11.4 Å². The van der Waals surface area contributed by atoms with Crippen LogP contribution >= 0.6 is 0 Å². The van der Waals surface area contributed by atoms with Crippen molar-refractivity contribution < 1.29 is 9.32 Å². The van der Waals surface area contributed by atoms with Crippen LogP contribution in [0.3, 0.4) is 0 Å². The van der Waals surface area contributed by atoms with E-state index in [0.29, 0.717) is 17.3 Å². The first kappa shape index (κ1) is 15.2. The second-order valence-corrected chi connectivity index (χ2v) is 6.53. The van der Waals surface area contributed by atoms with Crippen molar-refractivity contribution in [3.05, 3.63) is 35.7 Å². The van der Waals surface area contributed by atoms with Crippen LogP contribution in [0.15, 0.2) is 28.8 Å². The predicted molar refractivity (Wildman–Crippen MR) is 80.9 cm³/mol. The molecule has 5 heteroatoms. The maximum atomic E-state index is 11.8. The van der Waals surface area contributed by atoms with Gasteiger partial charge in [0, 0.05) is 31.6 Å². The lowest BCUT2D eigenvalue weighted by atomic mass is 9.92. The lowest BCUT2D eigenvalue weighted by Crippen LogP contribution is -2.21. The van der Waals surface area contributed by atoms with E-state index >= 15 is 0 Å². The van der Waals surface area contributed by atoms with Gasteiger partial charge in [-0.05, 0) is 17.5 Å². The number of benzene rings is 1. The largest absolute Gasteiger partial charge is 0.345 e. The van der Waals surface area contributed by atoms with Gasteiger partial charge in [0.1, 0.15) is 0 Å². The average Bonchev–Trinajstić information content (AvgIpc) is 2.84. The molecule has 0 atom stereocenters. The van der Waals surface area contributed by atoms with E-state index in [1.165, 1.54) is 0 Å². The molecule has 0 aliphatic carbocycles. The van der Waals surface area contributed by atoms with Crippen molar-refractivity contribution in [3.8, 4) is 11.4 Å². The molecular formula is C16H21N3O2. The lowest BCUT2D eigenvalue weighted by molar-refractivity contribution is 0.0827. The van der Waals surface area contributed by atoms with Crippen LogP contribution in [0, 0.1) is 5.41 Å². The highest BCUT2D eigenvalue weighted by atomic mass is 16.5. The molecule has 1 amide bonds. The number of rotatable bonds is 3. The zero-order valence-electron chi connectivity index (χ0n) is 13.2. The van der Waals surface area contributed by atoms with E-state index in [1.807, 2.05) is 12.1 Å². The summed E-state index contributed by atoms with van der Waals surface area (Å²) in [4.78, 5) is 17.8. The van der Waals surface area contributed by atoms with Crippen LogP contribution in [-0.2, 0) is 6.42 Å². The lowest BCUT2D eigenvalue weighted by Gasteiger charge is -2.13. The molecule has 1 heterocycles. The maximum absolute atomic E-state index is 11.8. The third-order valence-electron chi connectivity index (χ3n) is 2.95. The van der Waals surface area contributed by atoms with Crippen molar-refractivity contribution >= 4 is 5.91 Å². The van der Waals surface area contributed by atoms with Crippen LogP contribution in [0.5, 0.6) is 0 Å². The molecule has 1 aromatic heterocycles. The number of amides is 1. The van der Waals surface area contributed by atoms with Crippen LogP contribution in [0.4, 0.5) is 0 Å². The number of hydrogen-bond donors (Lipinski definition) is 0. The van der Waals surface area contributed by atoms with E-state index in [1.54, 1.807) is 31.1 Å². The van der Waals surface area contributed by atoms with Gasteiger partial charge < -0.3 is 9.42 Å². The van der Waals surface area contributed by atoms with E-state index in [9.17, 15) is 4.79 Å². The van der Waals surface area contributed by atoms with Crippen molar-refractivity contribution in [1.29, 1.82) is 0 Å². The Balaban J connectivity index is 2.18. The first-order chi connectivity index (χ1) is 9.76. The first-order valence-electron chi connectivity index (χ1n) is 6.91. The van der Waals surface area contributed by atoms with Crippen molar-refractivity contribution in [3.63, 3.8) is 0 Å². The van der Waals surface area contributed by atoms with Gasteiger partial charge in [-0.15, -0.1) is 0 Å². The van der Waals surface area contributed by atoms with Gasteiger partial charge in [-0.25, -0.2) is 0 Å². The predicted octanol–water partition coefficient (Wildman–Crippen LogP) is 3.03. The van der Waals surface area contributed by atoms with E-state index in [0.717, 1.165) is 12.0 Å². The number of aromatic nitrogens is 2. The van der Waals surface area contributed by atoms with Gasteiger partial charge in [0.2, 0.25) is 11.7 Å². The highest BCUT2D eigenvalue weighted by Gasteiger charge is 2.17. The fourth-order valence-corrected chi connectivity index (χ4v) is 1.92. The van der Waals surface area contributed by atoms with Gasteiger partial charge in [0.25, 0.3) is 5.91 Å². The summed E-state index contributed by atoms with van der Waals surface area (Å²) in [5.74, 6) is 1.16. The number of carbonyl (C=O) groups is 1. The molecule has 5 nitrogen and oxygen atoms in total. The highest BCUT2D eigenvalue weighted by Crippen LogP contribution is 2.22. The van der Waals surface area contributed by atoms with Crippen molar-refractivity contribution in [2.75, 3.05) is 14.1 Å². The molecule has 0 bridgehead atoms. The minimum atomic E-state index is -0.0249. The summed E-state index contributed by atoms with van der Waals surface area (Å²) in [5, 5.41) is 4.00. The SMILES string of the molecule is CN(C)C(=O)c1ccc(-c2noc(CC(C)(C)C)n2)cc1. The van der Waals surface area contributed by atoms with Gasteiger partial charge >= 0.3 is 0 Å². The molecule has 2 rings (SSSR count). The topological polar surface area (TPSA) is 59.2 Å². The summed E-state index contributed by atoms with van der Waals surface area (Å²) in [6.45, 7) is 6.37. The molecule has 0 saturated heterocycles. The quantitative estimate of drug-likeness (QED) is 0.870. The van der Waals surface area contributed by atoms with Gasteiger partial charge in [0.15, 0.2) is 0 Å². The maximum Gasteiger partial charge on any atom is 0.253 e. The molecule has 0 radical (unpaired) electrons. The van der Waals surface area contributed by atoms with Crippen LogP contribution in [0.1, 0.15) is 37.0 Å². The zero-order chi connectivity index (χ0) is 15.6. The fourth-order valence-electron chi connectivity index (χ4n) is 1.92. The molecule has 21 heavy (non-hydrogen) atoms. The number of carbonyl (C=O) groups excluding carboxylic acids is 1. The molecule has 0 N–H and O–H groups in total. The van der Waals surface area contributed by atoms with E-state index in [-0.39, 0.29) is 11.3 Å². The van der Waals surface area contributed by atoms with Crippen molar-refractivity contribution in [2.24, 2.45) is 5.41 Å². The van der Waals surface area contributed by atoms with Crippen LogP contribution in [-0.4, -0.2) is 35.0 Å². The fraction of sp³-hybridized carbons (Fsp3) is 0.438. The normalized spacial score (nSPS) is 11.5. The Hall–Kier alpha value is -2.17. The second kappa shape index (κ2) is 5.68. The third-order valence-corrected chi connectivity index (χ3v) is 2.95. The Morgan fingerprint density at radius 3 is 2.33 bits per heavy atom. The van der Waals surface area contributed by atoms with E-state index in [2.05, 4.69) is 30.9 Å². The Labute approximate surface area is 125 Å². The molecule has 0 saturated carbocycles. The molecular weight excluding hydrogens is 266 g/mol. The van der Waals surface area contributed by atoms with Crippen molar-refractivity contribution in [2.45, 2.75) is 27.2 Å². The van der Waals surface area contributed by atoms with Gasteiger partial charge in [-0.3, -0.25) is 4.79 Å². The molecule has 112 valence electrons. The molecule has 0 spiro atoms. The summed E-state index contributed by atoms with van der Waals surface area (Å²) in [5.41, 5.74) is 1.59. The molecule has 1 aromatic carbocycles. The number of nitrogens with zero attached hydrogens (tertiary/aromatic N) is 3. The summed E-state index contributed by atoms with van der Waals surface area (Å²) >= 11 is 0. The zero-order valence-corrected chi connectivity index (χ0v) is 13.2. The Morgan fingerprint density at radius 1 is 1.19 bits per heavy atom. The summed E-state index contributed by atoms with van der Waals surface area (Å²) in [6.07, 6.45) is 0.733. The second-order valence-electron chi connectivity index (χ2n) is 6.53. The molecule has 0 fully saturated rings. The van der Waals surface area contributed by atoms with Crippen LogP contribution in [0.2, 0.25) is 0 Å². The summed E-state index contributed by atoms with van der Waals surface area (Å²) < 4.78 is 5.27. The van der Waals surface area contributed by atoms with Gasteiger partial charge in [0.05, 0.1) is 0 Å². The number of hydrogen-bond acceptors (Lipinski definition) is 4. The average molecular weight is 287 g/mol. The minimum absolute atomic E-state index is 0.0249. The summed E-state index contributed by atoms with van der Waals surface area (Å²) in [7, 11) is 3.46. The smallest absolute Gasteiger partial charge is 0.253 e. The molecule has 0 unspecified atom stereocenters. The van der Waals surface area contributed by atoms with Gasteiger partial charge in [-0.2, -0.15) is 4.98 Å². The van der Waals surface area contributed by atoms with E-state index < -0.39 is 0 Å². The Morgan fingerprint density at radius 2 is 1.81 bits per heavy atom. The summed E-state index contributed by atoms with van der Waals surface area (Å²) in [6, 6.07) is 7.22. The minimum Gasteiger partial charge on any atom is -0.345 e. The van der Waals surface area contributed by atoms with Gasteiger partial charge in [-0.1, -0.05) is 38.1 Å². The Bertz CT molecular complexity index is 622. The standard InChI is InChI=1S/C16H21N3O2/c1-16(2,3)10-13-17-14(18-21-13)11-6-8-12(9-7-11)15(20)19(4)5/h6-9H,10H2,1-5H3. The molecule has 2 aromatic rings. The Kier molecular flexibility index (Phi) is 4.11. The van der Waals surface area contributed by atoms with Crippen LogP contribution < -0.4 is 0 Å². The molecule has 0 aliphatic heterocycles.